The molecule has 0 aliphatic carbocycles. The molecular weight excluding hydrogens is 422 g/mol. The van der Waals surface area contributed by atoms with Crippen LogP contribution >= 0.6 is 0 Å². The maximum atomic E-state index is 13.1. The lowest BCUT2D eigenvalue weighted by Gasteiger charge is -2.39. The van der Waals surface area contributed by atoms with Gasteiger partial charge < -0.3 is 10.2 Å². The highest BCUT2D eigenvalue weighted by Gasteiger charge is 2.32. The SMILES string of the molecule is C/C=C(\C=NC)c1ccc(C2CN(C(=O)c3ccc(C)c(NC(=C=O)C(CC)CC)c3)C2)cc1. The van der Waals surface area contributed by atoms with Crippen LogP contribution in [0, 0.1) is 12.8 Å². The number of aliphatic imine (C=N–C) groups is 1. The number of hydrogen-bond donors (Lipinski definition) is 1. The molecule has 1 saturated heterocycles. The summed E-state index contributed by atoms with van der Waals surface area (Å²) in [6.45, 7) is 9.51. The van der Waals surface area contributed by atoms with Crippen molar-refractivity contribution in [1.82, 2.24) is 4.90 Å². The molecule has 5 heteroatoms. The van der Waals surface area contributed by atoms with Gasteiger partial charge in [-0.15, -0.1) is 0 Å². The van der Waals surface area contributed by atoms with Crippen molar-refractivity contribution in [1.29, 1.82) is 0 Å². The third kappa shape index (κ3) is 5.55. The van der Waals surface area contributed by atoms with Crippen LogP contribution in [0.2, 0.25) is 0 Å². The number of hydrogen-bond acceptors (Lipinski definition) is 4. The van der Waals surface area contributed by atoms with E-state index in [2.05, 4.69) is 60.4 Å². The molecule has 0 bridgehead atoms. The van der Waals surface area contributed by atoms with E-state index in [1.165, 1.54) is 5.56 Å². The molecule has 178 valence electrons. The molecule has 0 radical (unpaired) electrons. The lowest BCUT2D eigenvalue weighted by atomic mass is 9.89. The van der Waals surface area contributed by atoms with Crippen LogP contribution in [0.25, 0.3) is 5.57 Å². The predicted molar refractivity (Wildman–Crippen MR) is 141 cm³/mol. The minimum Gasteiger partial charge on any atom is -0.349 e. The van der Waals surface area contributed by atoms with Gasteiger partial charge in [-0.25, -0.2) is 4.79 Å². The van der Waals surface area contributed by atoms with E-state index >= 15 is 0 Å². The molecule has 1 heterocycles. The zero-order valence-electron chi connectivity index (χ0n) is 20.9. The van der Waals surface area contributed by atoms with Gasteiger partial charge in [0.05, 0.1) is 0 Å². The van der Waals surface area contributed by atoms with Gasteiger partial charge in [0.15, 0.2) is 0 Å². The van der Waals surface area contributed by atoms with Crippen LogP contribution in [0.15, 0.2) is 59.2 Å². The van der Waals surface area contributed by atoms with Crippen molar-refractivity contribution in [3.05, 3.63) is 76.5 Å². The average Bonchev–Trinajstić information content (AvgIpc) is 2.83. The Hall–Kier alpha value is -3.43. The molecule has 2 aromatic carbocycles. The van der Waals surface area contributed by atoms with Crippen LogP contribution in [-0.4, -0.2) is 43.1 Å². The van der Waals surface area contributed by atoms with Crippen molar-refractivity contribution in [2.75, 3.05) is 25.5 Å². The number of carbonyl (C=O) groups excluding carboxylic acids is 2. The first-order valence-electron chi connectivity index (χ1n) is 12.1. The number of anilines is 1. The maximum Gasteiger partial charge on any atom is 0.253 e. The number of allylic oxidation sites excluding steroid dienone is 3. The van der Waals surface area contributed by atoms with E-state index in [-0.39, 0.29) is 11.8 Å². The summed E-state index contributed by atoms with van der Waals surface area (Å²) >= 11 is 0. The highest BCUT2D eigenvalue weighted by Crippen LogP contribution is 2.30. The van der Waals surface area contributed by atoms with Gasteiger partial charge >= 0.3 is 0 Å². The minimum absolute atomic E-state index is 0.0189. The Bertz CT molecular complexity index is 1110. The monoisotopic (exact) mass is 457 g/mol. The Morgan fingerprint density at radius 1 is 1.15 bits per heavy atom. The third-order valence-corrected chi connectivity index (χ3v) is 6.72. The van der Waals surface area contributed by atoms with E-state index in [0.717, 1.165) is 35.2 Å². The standard InChI is InChI=1S/C29H35N3O2/c1-6-21(7-2)28(19-33)31-27-15-25(10-9-20(27)4)29(34)32-17-26(18-32)24-13-11-23(12-14-24)22(8-3)16-30-5/h8-16,21,26,31H,6-7,17-18H2,1-5H3/b22-8+,30-16?. The quantitative estimate of drug-likeness (QED) is 0.377. The second-order valence-electron chi connectivity index (χ2n) is 8.84. The number of amides is 1. The Labute approximate surface area is 203 Å². The maximum absolute atomic E-state index is 13.1. The summed E-state index contributed by atoms with van der Waals surface area (Å²) in [5.74, 6) is 2.57. The lowest BCUT2D eigenvalue weighted by molar-refractivity contribution is 0.0602. The van der Waals surface area contributed by atoms with Gasteiger partial charge in [0.2, 0.25) is 0 Å². The van der Waals surface area contributed by atoms with Gasteiger partial charge in [-0.2, -0.15) is 0 Å². The second kappa shape index (κ2) is 11.6. The van der Waals surface area contributed by atoms with E-state index < -0.39 is 0 Å². The molecular formula is C29H35N3O2. The molecule has 1 N–H and O–H groups in total. The molecule has 0 spiro atoms. The average molecular weight is 458 g/mol. The number of carbonyl (C=O) groups is 1. The summed E-state index contributed by atoms with van der Waals surface area (Å²) in [5, 5.41) is 3.24. The number of benzene rings is 2. The van der Waals surface area contributed by atoms with Crippen LogP contribution < -0.4 is 5.32 Å². The van der Waals surface area contributed by atoms with Crippen molar-refractivity contribution in [2.45, 2.75) is 46.5 Å². The Morgan fingerprint density at radius 2 is 1.79 bits per heavy atom. The summed E-state index contributed by atoms with van der Waals surface area (Å²) in [6.07, 6.45) is 5.64. The van der Waals surface area contributed by atoms with Gasteiger partial charge in [-0.05, 0) is 61.1 Å². The molecule has 0 atom stereocenters. The van der Waals surface area contributed by atoms with E-state index in [4.69, 9.17) is 0 Å². The van der Waals surface area contributed by atoms with Gasteiger partial charge in [0.25, 0.3) is 5.91 Å². The zero-order valence-corrected chi connectivity index (χ0v) is 20.9. The number of rotatable bonds is 9. The fourth-order valence-electron chi connectivity index (χ4n) is 4.38. The first kappa shape index (κ1) is 25.2. The van der Waals surface area contributed by atoms with Crippen molar-refractivity contribution in [2.24, 2.45) is 10.9 Å². The largest absolute Gasteiger partial charge is 0.349 e. The molecule has 34 heavy (non-hydrogen) atoms. The Kier molecular flexibility index (Phi) is 8.61. The normalized spacial score (nSPS) is 14.3. The molecule has 0 unspecified atom stereocenters. The van der Waals surface area contributed by atoms with Gasteiger partial charge in [-0.1, -0.05) is 50.3 Å². The third-order valence-electron chi connectivity index (χ3n) is 6.72. The molecule has 1 amide bonds. The molecule has 1 aliphatic rings. The van der Waals surface area contributed by atoms with Crippen LogP contribution in [0.3, 0.4) is 0 Å². The van der Waals surface area contributed by atoms with E-state index in [0.29, 0.717) is 30.3 Å². The summed E-state index contributed by atoms with van der Waals surface area (Å²) < 4.78 is 0. The van der Waals surface area contributed by atoms with E-state index in [1.807, 2.05) is 43.2 Å². The molecule has 2 aromatic rings. The minimum atomic E-state index is 0.0189. The highest BCUT2D eigenvalue weighted by molar-refractivity contribution is 6.09. The van der Waals surface area contributed by atoms with E-state index in [1.54, 1.807) is 7.05 Å². The van der Waals surface area contributed by atoms with Gasteiger partial charge in [0.1, 0.15) is 11.6 Å². The Morgan fingerprint density at radius 3 is 2.35 bits per heavy atom. The summed E-state index contributed by atoms with van der Waals surface area (Å²) in [5.41, 5.74) is 6.45. The van der Waals surface area contributed by atoms with Crippen LogP contribution in [0.1, 0.15) is 66.6 Å². The molecule has 1 aliphatic heterocycles. The molecule has 0 aromatic heterocycles. The summed E-state index contributed by atoms with van der Waals surface area (Å²) in [4.78, 5) is 30.6. The first-order chi connectivity index (χ1) is 16.4. The van der Waals surface area contributed by atoms with Crippen molar-refractivity contribution >= 4 is 29.3 Å². The number of nitrogens with one attached hydrogen (secondary N) is 1. The van der Waals surface area contributed by atoms with Crippen LogP contribution in [0.5, 0.6) is 0 Å². The highest BCUT2D eigenvalue weighted by atomic mass is 16.2. The predicted octanol–water partition coefficient (Wildman–Crippen LogP) is 5.90. The number of nitrogens with zero attached hydrogens (tertiary/aromatic N) is 2. The van der Waals surface area contributed by atoms with E-state index in [9.17, 15) is 9.59 Å². The van der Waals surface area contributed by atoms with Crippen molar-refractivity contribution in [3.63, 3.8) is 0 Å². The fourth-order valence-corrected chi connectivity index (χ4v) is 4.38. The first-order valence-corrected chi connectivity index (χ1v) is 12.1. The molecule has 3 rings (SSSR count). The number of aryl methyl sites for hydroxylation is 1. The van der Waals surface area contributed by atoms with Crippen molar-refractivity contribution < 1.29 is 9.59 Å². The van der Waals surface area contributed by atoms with Crippen molar-refractivity contribution in [3.8, 4) is 0 Å². The van der Waals surface area contributed by atoms with Crippen LogP contribution in [0.4, 0.5) is 5.69 Å². The topological polar surface area (TPSA) is 61.8 Å². The molecule has 1 fully saturated rings. The fraction of sp³-hybridized carbons (Fsp3) is 0.379. The lowest BCUT2D eigenvalue weighted by Crippen LogP contribution is -2.48. The summed E-state index contributed by atoms with van der Waals surface area (Å²) in [7, 11) is 1.77. The van der Waals surface area contributed by atoms with Gasteiger partial charge in [-0.3, -0.25) is 9.79 Å². The second-order valence-corrected chi connectivity index (χ2v) is 8.84. The van der Waals surface area contributed by atoms with Crippen LogP contribution in [-0.2, 0) is 4.79 Å². The molecule has 5 nitrogen and oxygen atoms in total. The van der Waals surface area contributed by atoms with Gasteiger partial charge in [0, 0.05) is 49.4 Å². The summed E-state index contributed by atoms with van der Waals surface area (Å²) in [6, 6.07) is 14.2. The number of likely N-dealkylation sites (tertiary alicyclic amines) is 1. The molecule has 0 saturated carbocycles. The zero-order chi connectivity index (χ0) is 24.7. The Balaban J connectivity index is 1.67. The smallest absolute Gasteiger partial charge is 0.253 e.